The zero-order valence-corrected chi connectivity index (χ0v) is 20.7. The minimum Gasteiger partial charge on any atom is -0.383 e. The summed E-state index contributed by atoms with van der Waals surface area (Å²) in [4.78, 5) is 17.3. The van der Waals surface area contributed by atoms with E-state index < -0.39 is 0 Å². The van der Waals surface area contributed by atoms with Gasteiger partial charge in [0.25, 0.3) is 0 Å². The minimum atomic E-state index is 0.0775. The van der Waals surface area contributed by atoms with Crippen LogP contribution in [0.5, 0.6) is 0 Å². The molecule has 4 rings (SSSR count). The smallest absolute Gasteiger partial charge is 0.192 e. The Morgan fingerprint density at radius 1 is 1.09 bits per heavy atom. The zero-order chi connectivity index (χ0) is 24.1. The summed E-state index contributed by atoms with van der Waals surface area (Å²) >= 11 is 1.42. The number of hydrogen-bond donors (Lipinski definition) is 0. The SMILES string of the molecule is COC[C@@H](C)n1c(C)cc(C(=O)CSc2nnc(-c3ccncc3)n2Cc2ccccc2)c1C. The van der Waals surface area contributed by atoms with Gasteiger partial charge in [0.1, 0.15) is 0 Å². The van der Waals surface area contributed by atoms with Gasteiger partial charge in [0.2, 0.25) is 0 Å². The molecule has 7 nitrogen and oxygen atoms in total. The molecule has 0 saturated carbocycles. The number of hydrogen-bond acceptors (Lipinski definition) is 6. The summed E-state index contributed by atoms with van der Waals surface area (Å²) < 4.78 is 9.54. The summed E-state index contributed by atoms with van der Waals surface area (Å²) in [6, 6.07) is 16.2. The number of aryl methyl sites for hydroxylation is 1. The van der Waals surface area contributed by atoms with Gasteiger partial charge in [-0.2, -0.15) is 0 Å². The summed E-state index contributed by atoms with van der Waals surface area (Å²) in [5, 5.41) is 9.59. The van der Waals surface area contributed by atoms with Crippen molar-refractivity contribution < 1.29 is 9.53 Å². The van der Waals surface area contributed by atoms with E-state index in [9.17, 15) is 4.79 Å². The van der Waals surface area contributed by atoms with Gasteiger partial charge >= 0.3 is 0 Å². The molecule has 0 N–H and O–H groups in total. The van der Waals surface area contributed by atoms with E-state index >= 15 is 0 Å². The highest BCUT2D eigenvalue weighted by atomic mass is 32.2. The van der Waals surface area contributed by atoms with Crippen molar-refractivity contribution in [1.29, 1.82) is 0 Å². The highest BCUT2D eigenvalue weighted by Crippen LogP contribution is 2.27. The Labute approximate surface area is 204 Å². The first-order valence-corrected chi connectivity index (χ1v) is 12.2. The van der Waals surface area contributed by atoms with Crippen molar-refractivity contribution in [1.82, 2.24) is 24.3 Å². The number of carbonyl (C=O) groups is 1. The lowest BCUT2D eigenvalue weighted by Crippen LogP contribution is -2.15. The van der Waals surface area contributed by atoms with E-state index in [-0.39, 0.29) is 17.6 Å². The third kappa shape index (κ3) is 5.13. The van der Waals surface area contributed by atoms with E-state index in [2.05, 4.69) is 43.4 Å². The van der Waals surface area contributed by atoms with Gasteiger partial charge in [-0.25, -0.2) is 0 Å². The van der Waals surface area contributed by atoms with Crippen LogP contribution in [0.25, 0.3) is 11.4 Å². The van der Waals surface area contributed by atoms with Crippen LogP contribution in [0.4, 0.5) is 0 Å². The average Bonchev–Trinajstić information content (AvgIpc) is 3.38. The number of Topliss-reactive ketones (excluding diaryl/α,β-unsaturated/α-hetero) is 1. The molecule has 8 heteroatoms. The molecule has 0 radical (unpaired) electrons. The van der Waals surface area contributed by atoms with Crippen LogP contribution in [-0.2, 0) is 11.3 Å². The van der Waals surface area contributed by atoms with Gasteiger partial charge in [0.05, 0.1) is 24.9 Å². The molecule has 4 aromatic rings. The molecule has 176 valence electrons. The van der Waals surface area contributed by atoms with Crippen LogP contribution < -0.4 is 0 Å². The van der Waals surface area contributed by atoms with Crippen molar-refractivity contribution in [2.24, 2.45) is 0 Å². The van der Waals surface area contributed by atoms with E-state index in [0.717, 1.165) is 33.9 Å². The van der Waals surface area contributed by atoms with Crippen molar-refractivity contribution in [3.05, 3.63) is 83.4 Å². The van der Waals surface area contributed by atoms with E-state index in [1.807, 2.05) is 50.2 Å². The Kier molecular flexibility index (Phi) is 7.59. The molecule has 1 aromatic carbocycles. The lowest BCUT2D eigenvalue weighted by molar-refractivity contribution is 0.102. The second-order valence-corrected chi connectivity index (χ2v) is 9.23. The Bertz CT molecular complexity index is 1250. The Hall–Kier alpha value is -3.23. The molecule has 0 aliphatic carbocycles. The third-order valence-corrected chi connectivity index (χ3v) is 6.77. The van der Waals surface area contributed by atoms with E-state index in [1.165, 1.54) is 11.8 Å². The molecule has 0 unspecified atom stereocenters. The van der Waals surface area contributed by atoms with Crippen LogP contribution in [0, 0.1) is 13.8 Å². The maximum Gasteiger partial charge on any atom is 0.192 e. The molecule has 0 aliphatic rings. The number of nitrogens with zero attached hydrogens (tertiary/aromatic N) is 5. The van der Waals surface area contributed by atoms with Crippen molar-refractivity contribution in [3.8, 4) is 11.4 Å². The molecule has 0 fully saturated rings. The normalized spacial score (nSPS) is 12.1. The molecule has 1 atom stereocenters. The number of rotatable bonds is 10. The Morgan fingerprint density at radius 2 is 1.82 bits per heavy atom. The topological polar surface area (TPSA) is 74.8 Å². The van der Waals surface area contributed by atoms with Gasteiger partial charge in [-0.3, -0.25) is 14.3 Å². The summed E-state index contributed by atoms with van der Waals surface area (Å²) in [5.74, 6) is 1.12. The molecule has 0 saturated heterocycles. The molecule has 0 amide bonds. The van der Waals surface area contributed by atoms with Gasteiger partial charge in [-0.1, -0.05) is 42.1 Å². The molecule has 3 heterocycles. The lowest BCUT2D eigenvalue weighted by atomic mass is 10.2. The van der Waals surface area contributed by atoms with Crippen LogP contribution in [0.15, 0.2) is 66.1 Å². The van der Waals surface area contributed by atoms with E-state index in [1.54, 1.807) is 19.5 Å². The van der Waals surface area contributed by atoms with Crippen LogP contribution >= 0.6 is 11.8 Å². The van der Waals surface area contributed by atoms with Crippen LogP contribution in [0.2, 0.25) is 0 Å². The second-order valence-electron chi connectivity index (χ2n) is 8.28. The highest BCUT2D eigenvalue weighted by molar-refractivity contribution is 7.99. The number of thioether (sulfide) groups is 1. The summed E-state index contributed by atoms with van der Waals surface area (Å²) in [6.07, 6.45) is 3.49. The predicted octanol–water partition coefficient (Wildman–Crippen LogP) is 4.99. The van der Waals surface area contributed by atoms with E-state index in [0.29, 0.717) is 18.3 Å². The first-order chi connectivity index (χ1) is 16.5. The summed E-state index contributed by atoms with van der Waals surface area (Å²) in [6.45, 7) is 7.33. The Morgan fingerprint density at radius 3 is 2.53 bits per heavy atom. The maximum absolute atomic E-state index is 13.2. The molecule has 34 heavy (non-hydrogen) atoms. The summed E-state index contributed by atoms with van der Waals surface area (Å²) in [7, 11) is 1.69. The Balaban J connectivity index is 1.58. The standard InChI is InChI=1S/C26H29N5O2S/c1-18-14-23(20(3)31(18)19(2)16-33-4)24(32)17-34-26-29-28-25(22-10-12-27-13-11-22)30(26)15-21-8-6-5-7-9-21/h5-14,19H,15-17H2,1-4H3/t19-/m1/s1. The fraction of sp³-hybridized carbons (Fsp3) is 0.308. The van der Waals surface area contributed by atoms with Gasteiger partial charge in [-0.05, 0) is 44.5 Å². The van der Waals surface area contributed by atoms with Crippen LogP contribution in [0.3, 0.4) is 0 Å². The predicted molar refractivity (Wildman–Crippen MR) is 134 cm³/mol. The number of benzene rings is 1. The second kappa shape index (κ2) is 10.8. The fourth-order valence-electron chi connectivity index (χ4n) is 4.28. The van der Waals surface area contributed by atoms with Crippen LogP contribution in [-0.4, -0.2) is 49.6 Å². The third-order valence-electron chi connectivity index (χ3n) is 5.80. The first-order valence-electron chi connectivity index (χ1n) is 11.2. The molecular formula is C26H29N5O2S. The number of ketones is 1. The number of methoxy groups -OCH3 is 1. The van der Waals surface area contributed by atoms with Gasteiger partial charge < -0.3 is 9.30 Å². The lowest BCUT2D eigenvalue weighted by Gasteiger charge is -2.17. The first kappa shape index (κ1) is 23.9. The van der Waals surface area contributed by atoms with Gasteiger partial charge in [0, 0.05) is 42.0 Å². The monoisotopic (exact) mass is 475 g/mol. The zero-order valence-electron chi connectivity index (χ0n) is 19.9. The largest absolute Gasteiger partial charge is 0.383 e. The van der Waals surface area contributed by atoms with Crippen molar-refractivity contribution >= 4 is 17.5 Å². The number of ether oxygens (including phenoxy) is 1. The highest BCUT2D eigenvalue weighted by Gasteiger charge is 2.21. The quantitative estimate of drug-likeness (QED) is 0.238. The molecule has 0 aliphatic heterocycles. The number of carbonyl (C=O) groups excluding carboxylic acids is 1. The minimum absolute atomic E-state index is 0.0775. The number of pyridine rings is 1. The van der Waals surface area contributed by atoms with Gasteiger partial charge in [0.15, 0.2) is 16.8 Å². The number of aromatic nitrogens is 5. The molecule has 3 aromatic heterocycles. The van der Waals surface area contributed by atoms with Gasteiger partial charge in [-0.15, -0.1) is 10.2 Å². The molecule has 0 bridgehead atoms. The molecular weight excluding hydrogens is 446 g/mol. The van der Waals surface area contributed by atoms with E-state index in [4.69, 9.17) is 4.74 Å². The fourth-order valence-corrected chi connectivity index (χ4v) is 5.10. The summed E-state index contributed by atoms with van der Waals surface area (Å²) in [5.41, 5.74) is 4.85. The van der Waals surface area contributed by atoms with Crippen molar-refractivity contribution in [3.63, 3.8) is 0 Å². The molecule has 0 spiro atoms. The van der Waals surface area contributed by atoms with Crippen molar-refractivity contribution in [2.75, 3.05) is 19.5 Å². The van der Waals surface area contributed by atoms with Crippen LogP contribution in [0.1, 0.15) is 40.3 Å². The maximum atomic E-state index is 13.2. The van der Waals surface area contributed by atoms with Crippen molar-refractivity contribution in [2.45, 2.75) is 38.5 Å². The average molecular weight is 476 g/mol.